The van der Waals surface area contributed by atoms with Crippen molar-refractivity contribution in [1.82, 2.24) is 16.0 Å². The van der Waals surface area contributed by atoms with Gasteiger partial charge in [0.05, 0.1) is 6.61 Å². The molecule has 3 amide bonds. The first-order valence-corrected chi connectivity index (χ1v) is 7.68. The van der Waals surface area contributed by atoms with Gasteiger partial charge in [-0.2, -0.15) is 0 Å². The van der Waals surface area contributed by atoms with Gasteiger partial charge in [-0.15, -0.1) is 0 Å². The van der Waals surface area contributed by atoms with E-state index in [1.165, 1.54) is 0 Å². The summed E-state index contributed by atoms with van der Waals surface area (Å²) in [6, 6.07) is 6.56. The molecule has 7 heteroatoms. The van der Waals surface area contributed by atoms with Crippen molar-refractivity contribution in [2.24, 2.45) is 0 Å². The molecule has 0 spiro atoms. The summed E-state index contributed by atoms with van der Waals surface area (Å²) >= 11 is 0. The van der Waals surface area contributed by atoms with Crippen molar-refractivity contribution in [2.45, 2.75) is 19.9 Å². The van der Waals surface area contributed by atoms with Crippen LogP contribution in [-0.2, 0) is 4.74 Å². The Morgan fingerprint density at radius 3 is 2.39 bits per heavy atom. The van der Waals surface area contributed by atoms with Crippen LogP contribution in [-0.4, -0.2) is 51.3 Å². The standard InChI is InChI=1S/C16H26N4O3/c1-12(2)19-16(22)20-14-6-4-13(5-7-14)15(21)18-9-8-17-10-11-23-3/h4-7,12,17H,8-11H2,1-3H3,(H,18,21)(H2,19,20,22). The molecule has 0 saturated heterocycles. The van der Waals surface area contributed by atoms with Crippen LogP contribution >= 0.6 is 0 Å². The number of urea groups is 1. The van der Waals surface area contributed by atoms with Crippen LogP contribution in [0.2, 0.25) is 0 Å². The maximum atomic E-state index is 11.9. The predicted octanol–water partition coefficient (Wildman–Crippen LogP) is 1.18. The lowest BCUT2D eigenvalue weighted by atomic mass is 10.2. The van der Waals surface area contributed by atoms with Crippen LogP contribution in [0.5, 0.6) is 0 Å². The fourth-order valence-corrected chi connectivity index (χ4v) is 1.80. The third-order valence-corrected chi connectivity index (χ3v) is 2.90. The Morgan fingerprint density at radius 1 is 1.09 bits per heavy atom. The molecule has 1 aromatic carbocycles. The van der Waals surface area contributed by atoms with Crippen LogP contribution < -0.4 is 21.3 Å². The van der Waals surface area contributed by atoms with E-state index < -0.39 is 0 Å². The predicted molar refractivity (Wildman–Crippen MR) is 90.8 cm³/mol. The number of ether oxygens (including phenoxy) is 1. The zero-order chi connectivity index (χ0) is 17.1. The molecule has 23 heavy (non-hydrogen) atoms. The van der Waals surface area contributed by atoms with E-state index in [9.17, 15) is 9.59 Å². The van der Waals surface area contributed by atoms with E-state index in [0.29, 0.717) is 30.9 Å². The number of amides is 3. The van der Waals surface area contributed by atoms with E-state index in [-0.39, 0.29) is 18.0 Å². The number of hydrogen-bond donors (Lipinski definition) is 4. The average Bonchev–Trinajstić information content (AvgIpc) is 2.50. The molecule has 7 nitrogen and oxygen atoms in total. The summed E-state index contributed by atoms with van der Waals surface area (Å²) in [5.41, 5.74) is 1.19. The van der Waals surface area contributed by atoms with Crippen molar-refractivity contribution in [2.75, 3.05) is 38.7 Å². The minimum Gasteiger partial charge on any atom is -0.383 e. The van der Waals surface area contributed by atoms with E-state index in [1.807, 2.05) is 13.8 Å². The first-order chi connectivity index (χ1) is 11.0. The number of rotatable bonds is 9. The molecule has 0 atom stereocenters. The molecule has 0 heterocycles. The molecule has 0 aliphatic heterocycles. The van der Waals surface area contributed by atoms with Gasteiger partial charge >= 0.3 is 6.03 Å². The largest absolute Gasteiger partial charge is 0.383 e. The number of carbonyl (C=O) groups excluding carboxylic acids is 2. The molecular formula is C16H26N4O3. The summed E-state index contributed by atoms with van der Waals surface area (Å²) in [5.74, 6) is -0.142. The van der Waals surface area contributed by atoms with E-state index in [0.717, 1.165) is 6.54 Å². The SMILES string of the molecule is COCCNCCNC(=O)c1ccc(NC(=O)NC(C)C)cc1. The second-order valence-electron chi connectivity index (χ2n) is 5.33. The molecule has 0 radical (unpaired) electrons. The second-order valence-corrected chi connectivity index (χ2v) is 5.33. The summed E-state index contributed by atoms with van der Waals surface area (Å²) in [5, 5.41) is 11.4. The Balaban J connectivity index is 2.34. The molecule has 0 saturated carbocycles. The number of nitrogens with one attached hydrogen (secondary N) is 4. The van der Waals surface area contributed by atoms with Gasteiger partial charge in [0.25, 0.3) is 5.91 Å². The lowest BCUT2D eigenvalue weighted by Crippen LogP contribution is -2.34. The minimum absolute atomic E-state index is 0.0672. The molecular weight excluding hydrogens is 296 g/mol. The topological polar surface area (TPSA) is 91.5 Å². The van der Waals surface area contributed by atoms with Gasteiger partial charge in [0.1, 0.15) is 0 Å². The Labute approximate surface area is 137 Å². The molecule has 1 aromatic rings. The van der Waals surface area contributed by atoms with Gasteiger partial charge in [0.15, 0.2) is 0 Å². The highest BCUT2D eigenvalue weighted by Gasteiger charge is 2.06. The normalized spacial score (nSPS) is 10.4. The number of methoxy groups -OCH3 is 1. The average molecular weight is 322 g/mol. The van der Waals surface area contributed by atoms with Crippen LogP contribution in [0.3, 0.4) is 0 Å². The molecule has 4 N–H and O–H groups in total. The van der Waals surface area contributed by atoms with Crippen molar-refractivity contribution < 1.29 is 14.3 Å². The van der Waals surface area contributed by atoms with Gasteiger partial charge in [-0.3, -0.25) is 4.79 Å². The number of carbonyl (C=O) groups is 2. The highest BCUT2D eigenvalue weighted by atomic mass is 16.5. The third-order valence-electron chi connectivity index (χ3n) is 2.90. The molecule has 0 aromatic heterocycles. The lowest BCUT2D eigenvalue weighted by molar-refractivity contribution is 0.0953. The smallest absolute Gasteiger partial charge is 0.319 e. The molecule has 0 fully saturated rings. The molecule has 0 bridgehead atoms. The van der Waals surface area contributed by atoms with Gasteiger partial charge in [0, 0.05) is 44.0 Å². The van der Waals surface area contributed by atoms with E-state index in [1.54, 1.807) is 31.4 Å². The van der Waals surface area contributed by atoms with Crippen LogP contribution in [0.1, 0.15) is 24.2 Å². The Kier molecular flexibility index (Phi) is 8.71. The van der Waals surface area contributed by atoms with E-state index in [2.05, 4.69) is 21.3 Å². The molecule has 0 unspecified atom stereocenters. The molecule has 1 rings (SSSR count). The summed E-state index contributed by atoms with van der Waals surface area (Å²) in [4.78, 5) is 23.5. The van der Waals surface area contributed by atoms with Crippen LogP contribution in [0, 0.1) is 0 Å². The maximum Gasteiger partial charge on any atom is 0.319 e. The van der Waals surface area contributed by atoms with Crippen molar-refractivity contribution in [1.29, 1.82) is 0 Å². The quantitative estimate of drug-likeness (QED) is 0.514. The number of anilines is 1. The Morgan fingerprint density at radius 2 is 1.78 bits per heavy atom. The van der Waals surface area contributed by atoms with Crippen LogP contribution in [0.15, 0.2) is 24.3 Å². The van der Waals surface area contributed by atoms with Crippen molar-refractivity contribution in [3.63, 3.8) is 0 Å². The zero-order valence-electron chi connectivity index (χ0n) is 13.9. The van der Waals surface area contributed by atoms with Gasteiger partial charge in [-0.1, -0.05) is 0 Å². The van der Waals surface area contributed by atoms with E-state index >= 15 is 0 Å². The number of hydrogen-bond acceptors (Lipinski definition) is 4. The number of benzene rings is 1. The van der Waals surface area contributed by atoms with Crippen molar-refractivity contribution in [3.8, 4) is 0 Å². The highest BCUT2D eigenvalue weighted by molar-refractivity contribution is 5.95. The molecule has 0 aliphatic carbocycles. The van der Waals surface area contributed by atoms with Gasteiger partial charge in [-0.05, 0) is 38.1 Å². The zero-order valence-corrected chi connectivity index (χ0v) is 13.9. The first kappa shape index (κ1) is 18.9. The highest BCUT2D eigenvalue weighted by Crippen LogP contribution is 2.09. The van der Waals surface area contributed by atoms with E-state index in [4.69, 9.17) is 4.74 Å². The first-order valence-electron chi connectivity index (χ1n) is 7.68. The monoisotopic (exact) mass is 322 g/mol. The lowest BCUT2D eigenvalue weighted by Gasteiger charge is -2.10. The molecule has 0 aliphatic rings. The van der Waals surface area contributed by atoms with Gasteiger partial charge in [-0.25, -0.2) is 4.79 Å². The summed E-state index contributed by atoms with van der Waals surface area (Å²) in [6.45, 7) is 6.40. The van der Waals surface area contributed by atoms with Crippen molar-refractivity contribution >= 4 is 17.6 Å². The molecule has 128 valence electrons. The fraction of sp³-hybridized carbons (Fsp3) is 0.500. The van der Waals surface area contributed by atoms with Crippen LogP contribution in [0.25, 0.3) is 0 Å². The fourth-order valence-electron chi connectivity index (χ4n) is 1.80. The van der Waals surface area contributed by atoms with Crippen molar-refractivity contribution in [3.05, 3.63) is 29.8 Å². The maximum absolute atomic E-state index is 11.9. The summed E-state index contributed by atoms with van der Waals surface area (Å²) in [6.07, 6.45) is 0. The van der Waals surface area contributed by atoms with Gasteiger partial charge in [0.2, 0.25) is 0 Å². The second kappa shape index (κ2) is 10.6. The van der Waals surface area contributed by atoms with Crippen LogP contribution in [0.4, 0.5) is 10.5 Å². The van der Waals surface area contributed by atoms with Gasteiger partial charge < -0.3 is 26.0 Å². The minimum atomic E-state index is -0.265. The third kappa shape index (κ3) is 8.18. The summed E-state index contributed by atoms with van der Waals surface area (Å²) in [7, 11) is 1.65. The summed E-state index contributed by atoms with van der Waals surface area (Å²) < 4.78 is 4.91. The Bertz CT molecular complexity index is 489. The Hall–Kier alpha value is -2.12.